The van der Waals surface area contributed by atoms with E-state index in [1.807, 2.05) is 24.3 Å². The van der Waals surface area contributed by atoms with E-state index in [9.17, 15) is 10.1 Å². The minimum Gasteiger partial charge on any atom is -0.398 e. The van der Waals surface area contributed by atoms with E-state index in [1.54, 1.807) is 20.3 Å². The number of rotatable bonds is 9. The van der Waals surface area contributed by atoms with Crippen LogP contribution in [0.15, 0.2) is 42.5 Å². The molecule has 2 N–H and O–H groups in total. The molecule has 0 heterocycles. The van der Waals surface area contributed by atoms with Crippen LogP contribution in [0.5, 0.6) is 0 Å². The normalized spacial score (nSPS) is 10.6. The number of benzene rings is 2. The first-order valence-corrected chi connectivity index (χ1v) is 7.94. The van der Waals surface area contributed by atoms with Crippen molar-refractivity contribution in [3.8, 4) is 11.1 Å². The smallest absolute Gasteiger partial charge is 0.270 e. The van der Waals surface area contributed by atoms with Crippen LogP contribution in [-0.2, 0) is 9.47 Å². The van der Waals surface area contributed by atoms with Gasteiger partial charge in [0, 0.05) is 56.4 Å². The minimum atomic E-state index is -0.410. The van der Waals surface area contributed by atoms with Crippen molar-refractivity contribution in [2.75, 3.05) is 51.2 Å². The molecule has 0 saturated carbocycles. The Bertz CT molecular complexity index is 713. The molecule has 0 amide bonds. The lowest BCUT2D eigenvalue weighted by atomic mass is 10.0. The molecule has 0 bridgehead atoms. The standard InChI is InChI=1S/C18H23N3O4/c1-24-10-8-20(9-11-25-2)15-6-7-18(19)17(13-15)14-4-3-5-16(12-14)21(22)23/h3-7,12-13H,8-11,19H2,1-2H3. The molecule has 0 radical (unpaired) electrons. The number of non-ortho nitro benzene ring substituents is 1. The van der Waals surface area contributed by atoms with Gasteiger partial charge in [-0.1, -0.05) is 12.1 Å². The second-order valence-corrected chi connectivity index (χ2v) is 5.55. The molecular weight excluding hydrogens is 322 g/mol. The summed E-state index contributed by atoms with van der Waals surface area (Å²) in [7, 11) is 3.32. The quantitative estimate of drug-likeness (QED) is 0.427. The number of nitrogens with two attached hydrogens (primary N) is 1. The number of anilines is 2. The van der Waals surface area contributed by atoms with Crippen molar-refractivity contribution < 1.29 is 14.4 Å². The van der Waals surface area contributed by atoms with Crippen LogP contribution in [0, 0.1) is 10.1 Å². The summed E-state index contributed by atoms with van der Waals surface area (Å²) in [6, 6.07) is 12.2. The first kappa shape index (κ1) is 18.7. The fourth-order valence-electron chi connectivity index (χ4n) is 2.55. The highest BCUT2D eigenvalue weighted by molar-refractivity contribution is 5.80. The van der Waals surface area contributed by atoms with Crippen LogP contribution >= 0.6 is 0 Å². The molecule has 0 spiro atoms. The highest BCUT2D eigenvalue weighted by Gasteiger charge is 2.13. The summed E-state index contributed by atoms with van der Waals surface area (Å²) in [6.45, 7) is 2.58. The van der Waals surface area contributed by atoms with E-state index in [0.29, 0.717) is 37.6 Å². The van der Waals surface area contributed by atoms with Crippen LogP contribution in [0.1, 0.15) is 0 Å². The molecule has 0 fully saturated rings. The molecule has 25 heavy (non-hydrogen) atoms. The molecule has 0 saturated heterocycles. The SMILES string of the molecule is COCCN(CCOC)c1ccc(N)c(-c2cccc([N+](=O)[O-])c2)c1. The fourth-order valence-corrected chi connectivity index (χ4v) is 2.55. The van der Waals surface area contributed by atoms with Crippen molar-refractivity contribution in [2.24, 2.45) is 0 Å². The van der Waals surface area contributed by atoms with Crippen molar-refractivity contribution in [1.82, 2.24) is 0 Å². The minimum absolute atomic E-state index is 0.0397. The molecule has 0 aliphatic carbocycles. The maximum Gasteiger partial charge on any atom is 0.270 e. The number of nitro benzene ring substituents is 1. The van der Waals surface area contributed by atoms with Gasteiger partial charge in [-0.3, -0.25) is 10.1 Å². The largest absolute Gasteiger partial charge is 0.398 e. The van der Waals surface area contributed by atoms with E-state index >= 15 is 0 Å². The number of nitrogens with zero attached hydrogens (tertiary/aromatic N) is 2. The third kappa shape index (κ3) is 4.91. The number of ether oxygens (including phenoxy) is 2. The van der Waals surface area contributed by atoms with E-state index in [-0.39, 0.29) is 5.69 Å². The summed E-state index contributed by atoms with van der Waals surface area (Å²) in [6.07, 6.45) is 0. The first-order chi connectivity index (χ1) is 12.1. The van der Waals surface area contributed by atoms with Crippen LogP contribution in [0.3, 0.4) is 0 Å². The highest BCUT2D eigenvalue weighted by atomic mass is 16.6. The fraction of sp³-hybridized carbons (Fsp3) is 0.333. The molecule has 134 valence electrons. The topological polar surface area (TPSA) is 90.9 Å². The average molecular weight is 345 g/mol. The molecule has 2 rings (SSSR count). The Balaban J connectivity index is 2.38. The predicted molar refractivity (Wildman–Crippen MR) is 98.9 cm³/mol. The summed E-state index contributed by atoms with van der Waals surface area (Å²) in [4.78, 5) is 12.7. The van der Waals surface area contributed by atoms with Gasteiger partial charge in [-0.05, 0) is 23.8 Å². The van der Waals surface area contributed by atoms with Crippen LogP contribution in [0.25, 0.3) is 11.1 Å². The van der Waals surface area contributed by atoms with E-state index in [1.165, 1.54) is 12.1 Å². The molecule has 0 aromatic heterocycles. The molecule has 7 nitrogen and oxygen atoms in total. The maximum absolute atomic E-state index is 11.0. The Hall–Kier alpha value is -2.64. The van der Waals surface area contributed by atoms with Gasteiger partial charge in [-0.25, -0.2) is 0 Å². The lowest BCUT2D eigenvalue weighted by Crippen LogP contribution is -2.30. The Morgan fingerprint density at radius 2 is 1.76 bits per heavy atom. The number of nitro groups is 1. The summed E-state index contributed by atoms with van der Waals surface area (Å²) < 4.78 is 10.3. The van der Waals surface area contributed by atoms with Gasteiger partial charge < -0.3 is 20.1 Å². The monoisotopic (exact) mass is 345 g/mol. The zero-order valence-electron chi connectivity index (χ0n) is 14.5. The molecular formula is C18H23N3O4. The van der Waals surface area contributed by atoms with Gasteiger partial charge in [0.1, 0.15) is 0 Å². The second kappa shape index (κ2) is 9.00. The first-order valence-electron chi connectivity index (χ1n) is 7.94. The average Bonchev–Trinajstić information content (AvgIpc) is 2.62. The highest BCUT2D eigenvalue weighted by Crippen LogP contribution is 2.32. The zero-order valence-corrected chi connectivity index (χ0v) is 14.5. The molecule has 0 unspecified atom stereocenters. The van der Waals surface area contributed by atoms with E-state index in [2.05, 4.69) is 4.90 Å². The maximum atomic E-state index is 11.0. The molecule has 0 atom stereocenters. The van der Waals surface area contributed by atoms with Crippen LogP contribution in [0.2, 0.25) is 0 Å². The Kier molecular flexibility index (Phi) is 6.73. The van der Waals surface area contributed by atoms with Crippen LogP contribution in [-0.4, -0.2) is 45.4 Å². The Labute approximate surface area is 147 Å². The van der Waals surface area contributed by atoms with Crippen molar-refractivity contribution in [3.63, 3.8) is 0 Å². The van der Waals surface area contributed by atoms with Gasteiger partial charge in [0.2, 0.25) is 0 Å². The zero-order chi connectivity index (χ0) is 18.2. The number of hydrogen-bond acceptors (Lipinski definition) is 6. The lowest BCUT2D eigenvalue weighted by Gasteiger charge is -2.25. The van der Waals surface area contributed by atoms with E-state index in [0.717, 1.165) is 11.3 Å². The van der Waals surface area contributed by atoms with Gasteiger partial charge in [0.15, 0.2) is 0 Å². The number of nitrogen functional groups attached to an aromatic ring is 1. The molecule has 2 aromatic rings. The number of hydrogen-bond donors (Lipinski definition) is 1. The number of methoxy groups -OCH3 is 2. The molecule has 7 heteroatoms. The van der Waals surface area contributed by atoms with Crippen molar-refractivity contribution in [3.05, 3.63) is 52.6 Å². The van der Waals surface area contributed by atoms with Gasteiger partial charge in [0.05, 0.1) is 18.1 Å². The predicted octanol–water partition coefficient (Wildman–Crippen LogP) is 2.94. The lowest BCUT2D eigenvalue weighted by molar-refractivity contribution is -0.384. The van der Waals surface area contributed by atoms with Gasteiger partial charge >= 0.3 is 0 Å². The van der Waals surface area contributed by atoms with Crippen LogP contribution in [0.4, 0.5) is 17.1 Å². The van der Waals surface area contributed by atoms with Gasteiger partial charge in [-0.2, -0.15) is 0 Å². The summed E-state index contributed by atoms with van der Waals surface area (Å²) in [5.74, 6) is 0. The van der Waals surface area contributed by atoms with E-state index in [4.69, 9.17) is 15.2 Å². The molecule has 2 aromatic carbocycles. The molecule has 0 aliphatic heterocycles. The van der Waals surface area contributed by atoms with E-state index < -0.39 is 4.92 Å². The van der Waals surface area contributed by atoms with Crippen molar-refractivity contribution >= 4 is 17.1 Å². The summed E-state index contributed by atoms with van der Waals surface area (Å²) in [5.41, 5.74) is 9.16. The van der Waals surface area contributed by atoms with Crippen LogP contribution < -0.4 is 10.6 Å². The van der Waals surface area contributed by atoms with Crippen molar-refractivity contribution in [1.29, 1.82) is 0 Å². The second-order valence-electron chi connectivity index (χ2n) is 5.55. The summed E-state index contributed by atoms with van der Waals surface area (Å²) >= 11 is 0. The third-order valence-corrected chi connectivity index (χ3v) is 3.90. The van der Waals surface area contributed by atoms with Gasteiger partial charge in [0.25, 0.3) is 5.69 Å². The Morgan fingerprint density at radius 1 is 1.08 bits per heavy atom. The summed E-state index contributed by atoms with van der Waals surface area (Å²) in [5, 5.41) is 11.0. The van der Waals surface area contributed by atoms with Crippen molar-refractivity contribution in [2.45, 2.75) is 0 Å². The van der Waals surface area contributed by atoms with Gasteiger partial charge in [-0.15, -0.1) is 0 Å². The third-order valence-electron chi connectivity index (χ3n) is 3.90. The molecule has 0 aliphatic rings. The Morgan fingerprint density at radius 3 is 2.36 bits per heavy atom.